The molecule has 29 heavy (non-hydrogen) atoms. The van der Waals surface area contributed by atoms with Gasteiger partial charge in [0.25, 0.3) is 5.91 Å². The zero-order chi connectivity index (χ0) is 20.9. The summed E-state index contributed by atoms with van der Waals surface area (Å²) in [5, 5.41) is 3.50. The number of hydrogen-bond acceptors (Lipinski definition) is 4. The van der Waals surface area contributed by atoms with Crippen molar-refractivity contribution in [3.05, 3.63) is 59.1 Å². The van der Waals surface area contributed by atoms with Gasteiger partial charge in [-0.2, -0.15) is 4.31 Å². The summed E-state index contributed by atoms with van der Waals surface area (Å²) in [6, 6.07) is 13.3. The molecule has 0 aliphatic carbocycles. The third kappa shape index (κ3) is 5.72. The molecule has 8 heteroatoms. The molecule has 0 bridgehead atoms. The highest BCUT2D eigenvalue weighted by atomic mass is 35.5. The molecule has 156 valence electrons. The van der Waals surface area contributed by atoms with Crippen LogP contribution < -0.4 is 10.1 Å². The van der Waals surface area contributed by atoms with Crippen molar-refractivity contribution in [2.45, 2.75) is 37.1 Å². The minimum Gasteiger partial charge on any atom is -0.484 e. The Labute approximate surface area is 176 Å². The van der Waals surface area contributed by atoms with Crippen LogP contribution in [0.15, 0.2) is 53.4 Å². The van der Waals surface area contributed by atoms with Gasteiger partial charge in [0.1, 0.15) is 5.75 Å². The van der Waals surface area contributed by atoms with Gasteiger partial charge in [0, 0.05) is 18.1 Å². The average Bonchev–Trinajstić information content (AvgIpc) is 2.73. The van der Waals surface area contributed by atoms with Crippen molar-refractivity contribution < 1.29 is 17.9 Å². The zero-order valence-corrected chi connectivity index (χ0v) is 17.9. The van der Waals surface area contributed by atoms with Gasteiger partial charge >= 0.3 is 0 Å². The Balaban J connectivity index is 1.53. The van der Waals surface area contributed by atoms with Crippen molar-refractivity contribution in [3.8, 4) is 5.75 Å². The minimum atomic E-state index is -3.47. The third-order valence-corrected chi connectivity index (χ3v) is 7.06. The predicted molar refractivity (Wildman–Crippen MR) is 113 cm³/mol. The Hall–Kier alpha value is -2.09. The van der Waals surface area contributed by atoms with Gasteiger partial charge in [-0.25, -0.2) is 8.42 Å². The van der Waals surface area contributed by atoms with E-state index in [0.29, 0.717) is 23.9 Å². The Morgan fingerprint density at radius 2 is 1.69 bits per heavy atom. The fourth-order valence-electron chi connectivity index (χ4n) is 3.23. The molecule has 1 atom stereocenters. The summed E-state index contributed by atoms with van der Waals surface area (Å²) >= 11 is 5.88. The van der Waals surface area contributed by atoms with Gasteiger partial charge in [-0.15, -0.1) is 0 Å². The van der Waals surface area contributed by atoms with Crippen molar-refractivity contribution in [2.75, 3.05) is 19.7 Å². The van der Waals surface area contributed by atoms with Crippen LogP contribution in [-0.2, 0) is 14.8 Å². The summed E-state index contributed by atoms with van der Waals surface area (Å²) in [4.78, 5) is 12.4. The molecule has 0 radical (unpaired) electrons. The number of halogens is 1. The summed E-state index contributed by atoms with van der Waals surface area (Å²) in [6.07, 6.45) is 2.85. The van der Waals surface area contributed by atoms with E-state index >= 15 is 0 Å². The van der Waals surface area contributed by atoms with Crippen LogP contribution in [0.1, 0.15) is 37.8 Å². The van der Waals surface area contributed by atoms with Gasteiger partial charge in [-0.05, 0) is 61.7 Å². The lowest BCUT2D eigenvalue weighted by Gasteiger charge is -2.25. The zero-order valence-electron chi connectivity index (χ0n) is 16.3. The van der Waals surface area contributed by atoms with Gasteiger partial charge < -0.3 is 10.1 Å². The predicted octanol–water partition coefficient (Wildman–Crippen LogP) is 3.77. The van der Waals surface area contributed by atoms with E-state index in [0.717, 1.165) is 24.8 Å². The number of amides is 1. The lowest BCUT2D eigenvalue weighted by Crippen LogP contribution is -2.35. The van der Waals surface area contributed by atoms with E-state index in [9.17, 15) is 13.2 Å². The molecular formula is C21H25ClN2O4S. The second-order valence-corrected chi connectivity index (χ2v) is 9.44. The summed E-state index contributed by atoms with van der Waals surface area (Å²) < 4.78 is 32.3. The number of benzene rings is 2. The van der Waals surface area contributed by atoms with Gasteiger partial charge in [0.15, 0.2) is 6.61 Å². The van der Waals surface area contributed by atoms with Gasteiger partial charge in [-0.3, -0.25) is 4.79 Å². The van der Waals surface area contributed by atoms with E-state index in [1.54, 1.807) is 24.3 Å². The molecule has 1 heterocycles. The monoisotopic (exact) mass is 436 g/mol. The van der Waals surface area contributed by atoms with Gasteiger partial charge in [0.05, 0.1) is 10.9 Å². The third-order valence-electron chi connectivity index (χ3n) is 4.89. The summed E-state index contributed by atoms with van der Waals surface area (Å²) in [5.41, 5.74) is 0.940. The number of ether oxygens (including phenoxy) is 1. The van der Waals surface area contributed by atoms with Crippen LogP contribution in [0.5, 0.6) is 5.75 Å². The molecule has 6 nitrogen and oxygen atoms in total. The van der Waals surface area contributed by atoms with Crippen molar-refractivity contribution in [2.24, 2.45) is 0 Å². The second-order valence-electron chi connectivity index (χ2n) is 7.07. The summed E-state index contributed by atoms with van der Waals surface area (Å²) in [7, 11) is -3.47. The lowest BCUT2D eigenvalue weighted by atomic mass is 10.1. The maximum Gasteiger partial charge on any atom is 0.258 e. The molecule has 0 spiro atoms. The fraction of sp³-hybridized carbons (Fsp3) is 0.381. The van der Waals surface area contributed by atoms with E-state index in [1.807, 2.05) is 19.1 Å². The molecule has 0 saturated carbocycles. The highest BCUT2D eigenvalue weighted by molar-refractivity contribution is 7.89. The van der Waals surface area contributed by atoms with Crippen LogP contribution in [0, 0.1) is 0 Å². The maximum atomic E-state index is 12.7. The number of nitrogens with zero attached hydrogens (tertiary/aromatic N) is 1. The first-order valence-electron chi connectivity index (χ1n) is 9.64. The first kappa shape index (κ1) is 21.6. The Bertz CT molecular complexity index is 924. The Morgan fingerprint density at radius 1 is 1.07 bits per heavy atom. The molecule has 1 N–H and O–H groups in total. The fourth-order valence-corrected chi connectivity index (χ4v) is 4.87. The lowest BCUT2D eigenvalue weighted by molar-refractivity contribution is -0.123. The van der Waals surface area contributed by atoms with E-state index in [1.165, 1.54) is 16.4 Å². The molecule has 1 aliphatic rings. The quantitative estimate of drug-likeness (QED) is 0.716. The van der Waals surface area contributed by atoms with Crippen LogP contribution in [-0.4, -0.2) is 38.3 Å². The molecule has 0 aromatic heterocycles. The smallest absolute Gasteiger partial charge is 0.258 e. The SMILES string of the molecule is C[C@@H](NC(=O)COc1ccc(S(=O)(=O)N2CCCCC2)cc1)c1ccc(Cl)cc1. The highest BCUT2D eigenvalue weighted by Crippen LogP contribution is 2.23. The number of piperidine rings is 1. The molecular weight excluding hydrogens is 412 g/mol. The van der Waals surface area contributed by atoms with Crippen LogP contribution in [0.4, 0.5) is 0 Å². The summed E-state index contributed by atoms with van der Waals surface area (Å²) in [5.74, 6) is 0.175. The van der Waals surface area contributed by atoms with Crippen molar-refractivity contribution in [1.29, 1.82) is 0 Å². The number of rotatable bonds is 7. The Morgan fingerprint density at radius 3 is 2.31 bits per heavy atom. The molecule has 3 rings (SSSR count). The van der Waals surface area contributed by atoms with Crippen LogP contribution >= 0.6 is 11.6 Å². The van der Waals surface area contributed by atoms with E-state index in [4.69, 9.17) is 16.3 Å². The average molecular weight is 437 g/mol. The molecule has 1 fully saturated rings. The van der Waals surface area contributed by atoms with Crippen LogP contribution in [0.2, 0.25) is 5.02 Å². The second kappa shape index (κ2) is 9.61. The van der Waals surface area contributed by atoms with Crippen molar-refractivity contribution in [3.63, 3.8) is 0 Å². The first-order chi connectivity index (χ1) is 13.9. The van der Waals surface area contributed by atoms with Crippen molar-refractivity contribution >= 4 is 27.5 Å². The van der Waals surface area contributed by atoms with E-state index in [2.05, 4.69) is 5.32 Å². The highest BCUT2D eigenvalue weighted by Gasteiger charge is 2.25. The number of carbonyl (C=O) groups excluding carboxylic acids is 1. The topological polar surface area (TPSA) is 75.7 Å². The molecule has 1 amide bonds. The molecule has 2 aromatic rings. The van der Waals surface area contributed by atoms with Crippen molar-refractivity contribution in [1.82, 2.24) is 9.62 Å². The minimum absolute atomic E-state index is 0.157. The first-order valence-corrected chi connectivity index (χ1v) is 11.5. The Kier molecular flexibility index (Phi) is 7.16. The number of nitrogens with one attached hydrogen (secondary N) is 1. The van der Waals surface area contributed by atoms with Gasteiger partial charge in [-0.1, -0.05) is 30.2 Å². The summed E-state index contributed by atoms with van der Waals surface area (Å²) in [6.45, 7) is 2.84. The largest absolute Gasteiger partial charge is 0.484 e. The standard InChI is InChI=1S/C21H25ClN2O4S/c1-16(17-5-7-18(22)8-6-17)23-21(25)15-28-19-9-11-20(12-10-19)29(26,27)24-13-3-2-4-14-24/h5-12,16H,2-4,13-15H2,1H3,(H,23,25)/t16-/m1/s1. The number of hydrogen-bond donors (Lipinski definition) is 1. The number of carbonyl (C=O) groups is 1. The molecule has 0 unspecified atom stereocenters. The van der Waals surface area contributed by atoms with E-state index < -0.39 is 10.0 Å². The molecule has 1 saturated heterocycles. The normalized spacial score (nSPS) is 16.2. The number of sulfonamides is 1. The van der Waals surface area contributed by atoms with E-state index in [-0.39, 0.29) is 23.5 Å². The molecule has 2 aromatic carbocycles. The maximum absolute atomic E-state index is 12.7. The van der Waals surface area contributed by atoms with Crippen LogP contribution in [0.25, 0.3) is 0 Å². The van der Waals surface area contributed by atoms with Gasteiger partial charge in [0.2, 0.25) is 10.0 Å². The molecule has 1 aliphatic heterocycles. The van der Waals surface area contributed by atoms with Crippen LogP contribution in [0.3, 0.4) is 0 Å².